The van der Waals surface area contributed by atoms with E-state index in [0.29, 0.717) is 0 Å². The lowest BCUT2D eigenvalue weighted by Gasteiger charge is -2.22. The lowest BCUT2D eigenvalue weighted by Crippen LogP contribution is -1.98. The van der Waals surface area contributed by atoms with Crippen molar-refractivity contribution < 1.29 is 0 Å². The van der Waals surface area contributed by atoms with Crippen molar-refractivity contribution in [3.8, 4) is 45.9 Å². The highest BCUT2D eigenvalue weighted by molar-refractivity contribution is 6.27. The van der Waals surface area contributed by atoms with Gasteiger partial charge in [0.2, 0.25) is 0 Å². The molecule has 46 heavy (non-hydrogen) atoms. The third-order valence-corrected chi connectivity index (χ3v) is 8.52. The average molecular weight is 581 g/mol. The van der Waals surface area contributed by atoms with Crippen LogP contribution >= 0.6 is 0 Å². The molecule has 0 aliphatic rings. The molecule has 0 aliphatic carbocycles. The van der Waals surface area contributed by atoms with Crippen LogP contribution in [0.1, 0.15) is 22.3 Å². The van der Waals surface area contributed by atoms with Gasteiger partial charge in [0.1, 0.15) is 0 Å². The standard InChI is InChI=1S/C46H28/c1-5-17-33(18-6-1)29-31-41-37-25-13-14-26-38(37)42(32-30-34-19-7-2-8-20-34)46-44(36-23-11-4-12-24-36)40-28-16-15-27-39(40)43(45(41)46)35-21-9-3-10-22-35/h1-28H. The number of benzene rings is 8. The zero-order valence-electron chi connectivity index (χ0n) is 25.2. The van der Waals surface area contributed by atoms with E-state index in [9.17, 15) is 0 Å². The van der Waals surface area contributed by atoms with Gasteiger partial charge in [-0.25, -0.2) is 0 Å². The zero-order chi connectivity index (χ0) is 30.7. The summed E-state index contributed by atoms with van der Waals surface area (Å²) in [5, 5.41) is 6.84. The van der Waals surface area contributed by atoms with Gasteiger partial charge < -0.3 is 0 Å². The fourth-order valence-corrected chi connectivity index (χ4v) is 6.51. The molecule has 0 radical (unpaired) electrons. The maximum absolute atomic E-state index is 3.70. The minimum absolute atomic E-state index is 0.984. The third kappa shape index (κ3) is 4.90. The van der Waals surface area contributed by atoms with E-state index in [2.05, 4.69) is 157 Å². The van der Waals surface area contributed by atoms with Crippen molar-refractivity contribution in [2.45, 2.75) is 0 Å². The van der Waals surface area contributed by atoms with Gasteiger partial charge in [-0.05, 0) is 68.1 Å². The highest BCUT2D eigenvalue weighted by Gasteiger charge is 2.23. The Kier molecular flexibility index (Phi) is 7.09. The second-order valence-corrected chi connectivity index (χ2v) is 11.3. The zero-order valence-corrected chi connectivity index (χ0v) is 25.2. The molecule has 0 atom stereocenters. The Bertz CT molecular complexity index is 2310. The van der Waals surface area contributed by atoms with Crippen LogP contribution in [0, 0.1) is 23.7 Å². The van der Waals surface area contributed by atoms with E-state index in [1.54, 1.807) is 0 Å². The molecule has 8 aromatic carbocycles. The van der Waals surface area contributed by atoms with Crippen LogP contribution in [0.5, 0.6) is 0 Å². The van der Waals surface area contributed by atoms with Crippen LogP contribution in [0.2, 0.25) is 0 Å². The normalized spacial score (nSPS) is 10.7. The van der Waals surface area contributed by atoms with Crippen molar-refractivity contribution in [3.05, 3.63) is 192 Å². The SMILES string of the molecule is C(#Cc1c2ccccc2c(C#Cc2ccccc2)c2c(-c3ccccc3)c3ccccc3c(-c3ccccc3)c12)c1ccccc1. The van der Waals surface area contributed by atoms with Gasteiger partial charge in [0.15, 0.2) is 0 Å². The summed E-state index contributed by atoms with van der Waals surface area (Å²) in [6.07, 6.45) is 0. The Labute approximate surface area is 269 Å². The first-order chi connectivity index (χ1) is 22.9. The largest absolute Gasteiger partial charge is 0.0622 e. The molecule has 0 amide bonds. The molecule has 0 N–H and O–H groups in total. The first-order valence-corrected chi connectivity index (χ1v) is 15.5. The van der Waals surface area contributed by atoms with E-state index in [4.69, 9.17) is 0 Å². The molecule has 0 heterocycles. The van der Waals surface area contributed by atoms with Crippen molar-refractivity contribution in [1.82, 2.24) is 0 Å². The van der Waals surface area contributed by atoms with Crippen molar-refractivity contribution >= 4 is 32.3 Å². The maximum atomic E-state index is 3.70. The van der Waals surface area contributed by atoms with Crippen molar-refractivity contribution in [3.63, 3.8) is 0 Å². The van der Waals surface area contributed by atoms with Gasteiger partial charge in [-0.2, -0.15) is 0 Å². The summed E-state index contributed by atoms with van der Waals surface area (Å²) in [4.78, 5) is 0. The molecule has 0 saturated carbocycles. The smallest absolute Gasteiger partial charge is 0.0413 e. The summed E-state index contributed by atoms with van der Waals surface area (Å²) in [6.45, 7) is 0. The number of fused-ring (bicyclic) bond motifs is 3. The fourth-order valence-electron chi connectivity index (χ4n) is 6.51. The predicted octanol–water partition coefficient (Wildman–Crippen LogP) is 11.3. The van der Waals surface area contributed by atoms with E-state index in [1.807, 2.05) is 36.4 Å². The summed E-state index contributed by atoms with van der Waals surface area (Å²) in [5.41, 5.74) is 8.67. The van der Waals surface area contributed by atoms with Crippen LogP contribution in [0.15, 0.2) is 170 Å². The Hall–Kier alpha value is -6.34. The molecule has 0 unspecified atom stereocenters. The monoisotopic (exact) mass is 580 g/mol. The van der Waals surface area contributed by atoms with Gasteiger partial charge in [-0.15, -0.1) is 0 Å². The molecule has 212 valence electrons. The molecular weight excluding hydrogens is 553 g/mol. The molecule has 0 aliphatic heterocycles. The first kappa shape index (κ1) is 27.2. The van der Waals surface area contributed by atoms with Crippen LogP contribution in [0.4, 0.5) is 0 Å². The van der Waals surface area contributed by atoms with Crippen molar-refractivity contribution in [2.75, 3.05) is 0 Å². The number of rotatable bonds is 2. The Morgan fingerprint density at radius 3 is 0.935 bits per heavy atom. The molecule has 0 bridgehead atoms. The Morgan fingerprint density at radius 1 is 0.261 bits per heavy atom. The predicted molar refractivity (Wildman–Crippen MR) is 195 cm³/mol. The second-order valence-electron chi connectivity index (χ2n) is 11.3. The van der Waals surface area contributed by atoms with E-state index in [0.717, 1.165) is 54.9 Å². The molecule has 0 fully saturated rings. The molecule has 8 rings (SSSR count). The highest BCUT2D eigenvalue weighted by atomic mass is 14.2. The van der Waals surface area contributed by atoms with Gasteiger partial charge in [-0.1, -0.05) is 169 Å². The quantitative estimate of drug-likeness (QED) is 0.141. The lowest BCUT2D eigenvalue weighted by molar-refractivity contribution is 1.63. The maximum Gasteiger partial charge on any atom is 0.0413 e. The van der Waals surface area contributed by atoms with E-state index < -0.39 is 0 Å². The molecular formula is C46H28. The van der Waals surface area contributed by atoms with Crippen molar-refractivity contribution in [2.24, 2.45) is 0 Å². The topological polar surface area (TPSA) is 0 Å². The highest BCUT2D eigenvalue weighted by Crippen LogP contribution is 2.48. The van der Waals surface area contributed by atoms with Crippen molar-refractivity contribution in [1.29, 1.82) is 0 Å². The minimum atomic E-state index is 0.984. The number of hydrogen-bond acceptors (Lipinski definition) is 0. The third-order valence-electron chi connectivity index (χ3n) is 8.52. The van der Waals surface area contributed by atoms with Gasteiger partial charge in [0.05, 0.1) is 0 Å². The lowest BCUT2D eigenvalue weighted by atomic mass is 9.80. The van der Waals surface area contributed by atoms with Gasteiger partial charge in [0.25, 0.3) is 0 Å². The first-order valence-electron chi connectivity index (χ1n) is 15.5. The molecule has 0 saturated heterocycles. The fraction of sp³-hybridized carbons (Fsp3) is 0. The van der Waals surface area contributed by atoms with Gasteiger partial charge >= 0.3 is 0 Å². The Balaban J connectivity index is 1.67. The van der Waals surface area contributed by atoms with Gasteiger partial charge in [0, 0.05) is 33.0 Å². The second kappa shape index (κ2) is 12.0. The summed E-state index contributed by atoms with van der Waals surface area (Å²) in [6, 6.07) is 59.4. The molecule has 8 aromatic rings. The summed E-state index contributed by atoms with van der Waals surface area (Å²) in [7, 11) is 0. The molecule has 0 aromatic heterocycles. The van der Waals surface area contributed by atoms with E-state index in [-0.39, 0.29) is 0 Å². The average Bonchev–Trinajstić information content (AvgIpc) is 3.13. The van der Waals surface area contributed by atoms with Crippen LogP contribution < -0.4 is 0 Å². The number of hydrogen-bond donors (Lipinski definition) is 0. The van der Waals surface area contributed by atoms with Crippen LogP contribution in [0.25, 0.3) is 54.6 Å². The van der Waals surface area contributed by atoms with Crippen LogP contribution in [-0.4, -0.2) is 0 Å². The van der Waals surface area contributed by atoms with Crippen LogP contribution in [-0.2, 0) is 0 Å². The summed E-state index contributed by atoms with van der Waals surface area (Å²) in [5.74, 6) is 14.5. The Morgan fingerprint density at radius 2 is 0.565 bits per heavy atom. The van der Waals surface area contributed by atoms with E-state index >= 15 is 0 Å². The molecule has 0 spiro atoms. The molecule has 0 heteroatoms. The summed E-state index contributed by atoms with van der Waals surface area (Å²) < 4.78 is 0. The van der Waals surface area contributed by atoms with Gasteiger partial charge in [-0.3, -0.25) is 0 Å². The summed E-state index contributed by atoms with van der Waals surface area (Å²) >= 11 is 0. The minimum Gasteiger partial charge on any atom is -0.0622 e. The van der Waals surface area contributed by atoms with E-state index in [1.165, 1.54) is 21.9 Å². The molecule has 0 nitrogen and oxygen atoms in total. The van der Waals surface area contributed by atoms with Crippen LogP contribution in [0.3, 0.4) is 0 Å².